The molecule has 0 saturated carbocycles. The molecule has 10 heteroatoms. The van der Waals surface area contributed by atoms with E-state index in [4.69, 9.17) is 4.42 Å². The summed E-state index contributed by atoms with van der Waals surface area (Å²) in [7, 11) is 0. The first-order valence-electron chi connectivity index (χ1n) is 11.2. The first-order chi connectivity index (χ1) is 16.4. The van der Waals surface area contributed by atoms with Gasteiger partial charge >= 0.3 is 0 Å². The number of nitrogens with one attached hydrogen (secondary N) is 1. The number of carbonyl (C=O) groups is 1. The van der Waals surface area contributed by atoms with Crippen molar-refractivity contribution in [3.05, 3.63) is 65.5 Å². The number of nitrogens with zero attached hydrogens (tertiary/aromatic N) is 5. The zero-order valence-corrected chi connectivity index (χ0v) is 18.8. The van der Waals surface area contributed by atoms with Crippen LogP contribution in [-0.2, 0) is 0 Å². The van der Waals surface area contributed by atoms with Crippen LogP contribution >= 0.6 is 0 Å². The number of anilines is 1. The lowest BCUT2D eigenvalue weighted by Crippen LogP contribution is -2.51. The van der Waals surface area contributed by atoms with Crippen LogP contribution in [-0.4, -0.2) is 49.9 Å². The van der Waals surface area contributed by atoms with Crippen molar-refractivity contribution in [2.45, 2.75) is 32.7 Å². The molecule has 8 nitrogen and oxygen atoms in total. The Labute approximate surface area is 194 Å². The van der Waals surface area contributed by atoms with Gasteiger partial charge in [-0.2, -0.15) is 15.2 Å². The van der Waals surface area contributed by atoms with Crippen LogP contribution in [0, 0.1) is 24.5 Å². The van der Waals surface area contributed by atoms with E-state index in [0.29, 0.717) is 29.8 Å². The highest BCUT2D eigenvalue weighted by Gasteiger charge is 2.35. The second kappa shape index (κ2) is 8.85. The zero-order chi connectivity index (χ0) is 23.8. The summed E-state index contributed by atoms with van der Waals surface area (Å²) in [4.78, 5) is 21.0. The topological polar surface area (TPSA) is 89.1 Å². The van der Waals surface area contributed by atoms with Gasteiger partial charge in [-0.1, -0.05) is 13.0 Å². The van der Waals surface area contributed by atoms with Gasteiger partial charge in [-0.15, -0.1) is 4.80 Å². The Hall–Kier alpha value is -3.82. The first kappa shape index (κ1) is 22.0. The molecule has 1 saturated heterocycles. The lowest BCUT2D eigenvalue weighted by molar-refractivity contribution is 0.0537. The molecule has 0 radical (unpaired) electrons. The Morgan fingerprint density at radius 2 is 2.00 bits per heavy atom. The number of benzene rings is 2. The Kier molecular flexibility index (Phi) is 5.72. The van der Waals surface area contributed by atoms with E-state index in [1.807, 2.05) is 0 Å². The summed E-state index contributed by atoms with van der Waals surface area (Å²) < 4.78 is 34.0. The number of hydrogen-bond acceptors (Lipinski definition) is 6. The second-order valence-corrected chi connectivity index (χ2v) is 8.60. The third kappa shape index (κ3) is 4.00. The molecule has 2 aromatic heterocycles. The van der Waals surface area contributed by atoms with Crippen LogP contribution in [0.1, 0.15) is 35.7 Å². The van der Waals surface area contributed by atoms with Crippen molar-refractivity contribution in [1.29, 1.82) is 0 Å². The lowest BCUT2D eigenvalue weighted by Gasteiger charge is -2.40. The number of amides is 1. The van der Waals surface area contributed by atoms with E-state index < -0.39 is 11.6 Å². The van der Waals surface area contributed by atoms with Gasteiger partial charge in [0.25, 0.3) is 11.9 Å². The van der Waals surface area contributed by atoms with Crippen molar-refractivity contribution in [2.75, 3.05) is 18.4 Å². The van der Waals surface area contributed by atoms with Gasteiger partial charge in [0.2, 0.25) is 0 Å². The Bertz CT molecular complexity index is 1340. The van der Waals surface area contributed by atoms with Crippen LogP contribution in [0.4, 0.5) is 14.8 Å². The Morgan fingerprint density at radius 3 is 2.79 bits per heavy atom. The number of likely N-dealkylation sites (tertiary alicyclic amines) is 1. The van der Waals surface area contributed by atoms with E-state index in [0.717, 1.165) is 17.6 Å². The molecule has 1 amide bonds. The molecule has 0 aliphatic carbocycles. The van der Waals surface area contributed by atoms with Gasteiger partial charge < -0.3 is 14.6 Å². The van der Waals surface area contributed by atoms with E-state index in [-0.39, 0.29) is 35.1 Å². The minimum Gasteiger partial charge on any atom is -0.424 e. The first-order valence-corrected chi connectivity index (χ1v) is 11.2. The van der Waals surface area contributed by atoms with Gasteiger partial charge in [-0.25, -0.2) is 8.78 Å². The summed E-state index contributed by atoms with van der Waals surface area (Å²) in [6.45, 7) is 4.78. The van der Waals surface area contributed by atoms with Crippen LogP contribution in [0.2, 0.25) is 0 Å². The van der Waals surface area contributed by atoms with Gasteiger partial charge in [0.15, 0.2) is 11.4 Å². The van der Waals surface area contributed by atoms with Gasteiger partial charge in [0, 0.05) is 19.2 Å². The number of carbonyl (C=O) groups excluding carboxylic acids is 1. The maximum Gasteiger partial charge on any atom is 0.295 e. The average Bonchev–Trinajstić information content (AvgIpc) is 3.48. The molecular formula is C24H24F2N6O2. The Morgan fingerprint density at radius 1 is 1.21 bits per heavy atom. The molecule has 0 bridgehead atoms. The zero-order valence-electron chi connectivity index (χ0n) is 18.8. The van der Waals surface area contributed by atoms with E-state index in [9.17, 15) is 13.6 Å². The van der Waals surface area contributed by atoms with E-state index in [1.54, 1.807) is 17.9 Å². The van der Waals surface area contributed by atoms with E-state index in [2.05, 4.69) is 27.4 Å². The predicted molar refractivity (Wildman–Crippen MR) is 122 cm³/mol. The number of hydrogen-bond donors (Lipinski definition) is 1. The summed E-state index contributed by atoms with van der Waals surface area (Å²) >= 11 is 0. The molecule has 34 heavy (non-hydrogen) atoms. The highest BCUT2D eigenvalue weighted by Crippen LogP contribution is 2.29. The maximum absolute atomic E-state index is 14.9. The summed E-state index contributed by atoms with van der Waals surface area (Å²) in [6.07, 6.45) is 4.68. The highest BCUT2D eigenvalue weighted by molar-refractivity contribution is 5.99. The number of oxazole rings is 1. The van der Waals surface area contributed by atoms with E-state index >= 15 is 0 Å². The quantitative estimate of drug-likeness (QED) is 0.471. The number of aryl methyl sites for hydroxylation is 1. The molecule has 2 atom stereocenters. The van der Waals surface area contributed by atoms with Crippen LogP contribution < -0.4 is 5.32 Å². The molecule has 0 unspecified atom stereocenters. The van der Waals surface area contributed by atoms with Gasteiger partial charge in [0.05, 0.1) is 24.0 Å². The van der Waals surface area contributed by atoms with E-state index in [1.165, 1.54) is 36.7 Å². The van der Waals surface area contributed by atoms with Gasteiger partial charge in [0.1, 0.15) is 17.0 Å². The van der Waals surface area contributed by atoms with Crippen LogP contribution in [0.15, 0.2) is 47.1 Å². The Balaban J connectivity index is 1.44. The van der Waals surface area contributed by atoms with Gasteiger partial charge in [-0.3, -0.25) is 4.79 Å². The number of aromatic nitrogens is 4. The minimum atomic E-state index is -0.566. The molecule has 0 spiro atoms. The summed E-state index contributed by atoms with van der Waals surface area (Å²) in [5.41, 5.74) is 1.82. The second-order valence-electron chi connectivity index (χ2n) is 8.60. The van der Waals surface area contributed by atoms with Crippen LogP contribution in [0.5, 0.6) is 0 Å². The van der Waals surface area contributed by atoms with Crippen molar-refractivity contribution in [2.24, 2.45) is 5.92 Å². The maximum atomic E-state index is 14.9. The molecule has 1 fully saturated rings. The number of fused-ring (bicyclic) bond motifs is 1. The molecule has 2 aromatic carbocycles. The smallest absolute Gasteiger partial charge is 0.295 e. The standard InChI is InChI=1S/C24H24F2N6O2/c1-14-4-3-11-31(19(14)13-27-24-30-18-12-16(25)6-8-20(18)34-24)23(33)21-15(2)5-7-17(26)22(21)32-28-9-10-29-32/h5-10,12,14,19H,3-4,11,13H2,1-2H3,(H,27,30)/t14-,19-/m1/s1. The van der Waals surface area contributed by atoms with Crippen molar-refractivity contribution in [3.63, 3.8) is 0 Å². The molecule has 176 valence electrons. The molecule has 1 aliphatic rings. The monoisotopic (exact) mass is 466 g/mol. The third-order valence-corrected chi connectivity index (χ3v) is 6.36. The van der Waals surface area contributed by atoms with Crippen LogP contribution in [0.25, 0.3) is 16.8 Å². The number of halogens is 2. The molecule has 4 aromatic rings. The molecular weight excluding hydrogens is 442 g/mol. The van der Waals surface area contributed by atoms with Crippen molar-refractivity contribution < 1.29 is 18.0 Å². The summed E-state index contributed by atoms with van der Waals surface area (Å²) in [5.74, 6) is -1.05. The largest absolute Gasteiger partial charge is 0.424 e. The van der Waals surface area contributed by atoms with Crippen molar-refractivity contribution in [3.8, 4) is 5.69 Å². The van der Waals surface area contributed by atoms with Crippen molar-refractivity contribution in [1.82, 2.24) is 24.9 Å². The lowest BCUT2D eigenvalue weighted by atomic mass is 9.89. The highest BCUT2D eigenvalue weighted by atomic mass is 19.1. The number of rotatable bonds is 5. The molecule has 1 N–H and O–H groups in total. The van der Waals surface area contributed by atoms with Crippen molar-refractivity contribution >= 4 is 23.0 Å². The van der Waals surface area contributed by atoms with Gasteiger partial charge in [-0.05, 0) is 49.4 Å². The predicted octanol–water partition coefficient (Wildman–Crippen LogP) is 4.35. The summed E-state index contributed by atoms with van der Waals surface area (Å²) in [6, 6.07) is 7.13. The third-order valence-electron chi connectivity index (χ3n) is 6.36. The molecule has 1 aliphatic heterocycles. The summed E-state index contributed by atoms with van der Waals surface area (Å²) in [5, 5.41) is 11.3. The molecule has 5 rings (SSSR count). The van der Waals surface area contributed by atoms with Crippen LogP contribution in [0.3, 0.4) is 0 Å². The normalized spacial score (nSPS) is 18.4. The average molecular weight is 466 g/mol. The number of piperidine rings is 1. The fourth-order valence-corrected chi connectivity index (χ4v) is 4.59. The fourth-order valence-electron chi connectivity index (χ4n) is 4.59. The molecule has 3 heterocycles. The fraction of sp³-hybridized carbons (Fsp3) is 0.333. The SMILES string of the molecule is Cc1ccc(F)c(-n2nccn2)c1C(=O)N1CCC[C@@H](C)[C@H]1CNc1nc2cc(F)ccc2o1. The minimum absolute atomic E-state index is 0.0425.